The molecule has 2 N–H and O–H groups in total. The second-order valence-electron chi connectivity index (χ2n) is 7.65. The highest BCUT2D eigenvalue weighted by atomic mass is 16.2. The monoisotopic (exact) mass is 382 g/mol. The molecule has 0 spiro atoms. The second kappa shape index (κ2) is 6.94. The van der Waals surface area contributed by atoms with Crippen LogP contribution < -0.4 is 21.9 Å². The van der Waals surface area contributed by atoms with Crippen LogP contribution in [0.25, 0.3) is 11.2 Å². The molecule has 1 aliphatic rings. The van der Waals surface area contributed by atoms with Crippen molar-refractivity contribution in [3.8, 4) is 0 Å². The molecule has 1 atom stereocenters. The molecule has 3 aromatic rings. The third-order valence-electron chi connectivity index (χ3n) is 5.66. The largest absolute Gasteiger partial charge is 0.341 e. The molecule has 4 rings (SSSR count). The molecule has 0 aliphatic carbocycles. The van der Waals surface area contributed by atoms with Crippen LogP contribution in [-0.2, 0) is 20.6 Å². The highest BCUT2D eigenvalue weighted by Crippen LogP contribution is 2.24. The summed E-state index contributed by atoms with van der Waals surface area (Å²) in [4.78, 5) is 32.3. The number of aromatic nitrogens is 4. The molecule has 0 amide bonds. The van der Waals surface area contributed by atoms with E-state index < -0.39 is 0 Å². The average Bonchev–Trinajstić information content (AvgIpc) is 3.06. The molecule has 1 aliphatic heterocycles. The van der Waals surface area contributed by atoms with Crippen LogP contribution in [0, 0.1) is 6.92 Å². The number of hydrogen-bond donors (Lipinski definition) is 1. The van der Waals surface area contributed by atoms with Gasteiger partial charge in [0.1, 0.15) is 0 Å². The van der Waals surface area contributed by atoms with E-state index in [0.29, 0.717) is 30.2 Å². The van der Waals surface area contributed by atoms with Crippen molar-refractivity contribution in [2.24, 2.45) is 19.8 Å². The van der Waals surface area contributed by atoms with Crippen molar-refractivity contribution < 1.29 is 0 Å². The minimum Gasteiger partial charge on any atom is -0.341 e. The van der Waals surface area contributed by atoms with Crippen molar-refractivity contribution in [1.82, 2.24) is 18.7 Å². The van der Waals surface area contributed by atoms with Crippen molar-refractivity contribution in [3.63, 3.8) is 0 Å². The maximum absolute atomic E-state index is 13.0. The molecule has 2 aromatic heterocycles. The van der Waals surface area contributed by atoms with Crippen LogP contribution in [0.4, 0.5) is 5.95 Å². The first kappa shape index (κ1) is 18.5. The van der Waals surface area contributed by atoms with E-state index in [1.807, 2.05) is 16.7 Å². The Morgan fingerprint density at radius 1 is 1.18 bits per heavy atom. The summed E-state index contributed by atoms with van der Waals surface area (Å²) in [5.41, 5.74) is 8.61. The maximum Gasteiger partial charge on any atom is 0.332 e. The molecule has 0 saturated carbocycles. The van der Waals surface area contributed by atoms with Crippen LogP contribution in [0.5, 0.6) is 0 Å². The van der Waals surface area contributed by atoms with Gasteiger partial charge in [0, 0.05) is 33.2 Å². The molecule has 1 fully saturated rings. The Balaban J connectivity index is 1.98. The molecule has 0 radical (unpaired) electrons. The number of aryl methyl sites for hydroxylation is 2. The van der Waals surface area contributed by atoms with Crippen molar-refractivity contribution in [1.29, 1.82) is 0 Å². The number of benzene rings is 1. The Labute approximate surface area is 162 Å². The quantitative estimate of drug-likeness (QED) is 0.721. The number of anilines is 1. The van der Waals surface area contributed by atoms with E-state index in [1.165, 1.54) is 11.6 Å². The van der Waals surface area contributed by atoms with E-state index in [0.717, 1.165) is 35.1 Å². The zero-order chi connectivity index (χ0) is 20.0. The molecule has 3 heterocycles. The smallest absolute Gasteiger partial charge is 0.332 e. The van der Waals surface area contributed by atoms with Gasteiger partial charge in [-0.15, -0.1) is 0 Å². The van der Waals surface area contributed by atoms with E-state index in [1.54, 1.807) is 7.05 Å². The van der Waals surface area contributed by atoms with Gasteiger partial charge in [-0.2, -0.15) is 4.98 Å². The Morgan fingerprint density at radius 3 is 2.64 bits per heavy atom. The number of rotatable bonds is 3. The summed E-state index contributed by atoms with van der Waals surface area (Å²) in [6.45, 7) is 4.08. The minimum atomic E-state index is -0.375. The van der Waals surface area contributed by atoms with Gasteiger partial charge in [-0.1, -0.05) is 24.3 Å². The topological polar surface area (TPSA) is 91.1 Å². The molecule has 1 unspecified atom stereocenters. The summed E-state index contributed by atoms with van der Waals surface area (Å²) in [5.74, 6) is 0.701. The lowest BCUT2D eigenvalue weighted by Gasteiger charge is -2.32. The summed E-state index contributed by atoms with van der Waals surface area (Å²) >= 11 is 0. The summed E-state index contributed by atoms with van der Waals surface area (Å²) in [6.07, 6.45) is 1.96. The standard InChI is InChI=1S/C20H26N6O2/c1-13-7-4-5-8-14(13)11-26-16-17(23(2)20(28)24(3)18(16)27)22-19(26)25-10-6-9-15(21)12-25/h4-5,7-8,15H,6,9-12,21H2,1-3H3. The van der Waals surface area contributed by atoms with E-state index in [-0.39, 0.29) is 17.3 Å². The van der Waals surface area contributed by atoms with E-state index in [2.05, 4.69) is 24.0 Å². The molecule has 28 heavy (non-hydrogen) atoms. The van der Waals surface area contributed by atoms with Gasteiger partial charge in [-0.3, -0.25) is 18.5 Å². The zero-order valence-electron chi connectivity index (χ0n) is 16.6. The van der Waals surface area contributed by atoms with Crippen LogP contribution in [0.1, 0.15) is 24.0 Å². The van der Waals surface area contributed by atoms with Gasteiger partial charge >= 0.3 is 5.69 Å². The predicted octanol–water partition coefficient (Wildman–Crippen LogP) is 0.718. The Kier molecular flexibility index (Phi) is 4.58. The number of nitrogens with two attached hydrogens (primary N) is 1. The van der Waals surface area contributed by atoms with Gasteiger partial charge in [-0.05, 0) is 30.9 Å². The van der Waals surface area contributed by atoms with Crippen molar-refractivity contribution >= 4 is 17.1 Å². The van der Waals surface area contributed by atoms with Crippen LogP contribution in [0.15, 0.2) is 33.9 Å². The fourth-order valence-electron chi connectivity index (χ4n) is 3.98. The highest BCUT2D eigenvalue weighted by molar-refractivity contribution is 5.75. The normalized spacial score (nSPS) is 17.4. The van der Waals surface area contributed by atoms with Gasteiger partial charge < -0.3 is 10.6 Å². The average molecular weight is 382 g/mol. The zero-order valence-corrected chi connectivity index (χ0v) is 16.6. The molecule has 0 bridgehead atoms. The lowest BCUT2D eigenvalue weighted by molar-refractivity contribution is 0.495. The predicted molar refractivity (Wildman–Crippen MR) is 110 cm³/mol. The molecule has 148 valence electrons. The third kappa shape index (κ3) is 2.93. The molecule has 1 saturated heterocycles. The maximum atomic E-state index is 13.0. The molecule has 1 aromatic carbocycles. The summed E-state index contributed by atoms with van der Waals surface area (Å²) in [6, 6.07) is 8.18. The van der Waals surface area contributed by atoms with Crippen LogP contribution in [-0.4, -0.2) is 37.8 Å². The van der Waals surface area contributed by atoms with Crippen molar-refractivity contribution in [3.05, 3.63) is 56.2 Å². The fraction of sp³-hybridized carbons (Fsp3) is 0.450. The van der Waals surface area contributed by atoms with Crippen LogP contribution in [0.2, 0.25) is 0 Å². The van der Waals surface area contributed by atoms with E-state index in [9.17, 15) is 9.59 Å². The third-order valence-corrected chi connectivity index (χ3v) is 5.66. The number of nitrogens with zero attached hydrogens (tertiary/aromatic N) is 5. The number of hydrogen-bond acceptors (Lipinski definition) is 5. The molecule has 8 nitrogen and oxygen atoms in total. The summed E-state index contributed by atoms with van der Waals surface area (Å²) in [7, 11) is 3.16. The Bertz CT molecular complexity index is 1160. The first-order valence-corrected chi connectivity index (χ1v) is 9.59. The molecular weight excluding hydrogens is 356 g/mol. The first-order chi connectivity index (χ1) is 13.4. The minimum absolute atomic E-state index is 0.0760. The van der Waals surface area contributed by atoms with Gasteiger partial charge in [0.05, 0.1) is 6.54 Å². The summed E-state index contributed by atoms with van der Waals surface area (Å²) in [5, 5.41) is 0. The van der Waals surface area contributed by atoms with Crippen molar-refractivity contribution in [2.45, 2.75) is 32.4 Å². The number of piperidine rings is 1. The Hall–Kier alpha value is -2.87. The van der Waals surface area contributed by atoms with Crippen LogP contribution >= 0.6 is 0 Å². The first-order valence-electron chi connectivity index (χ1n) is 9.59. The Morgan fingerprint density at radius 2 is 1.93 bits per heavy atom. The highest BCUT2D eigenvalue weighted by Gasteiger charge is 2.26. The number of fused-ring (bicyclic) bond motifs is 1. The fourth-order valence-corrected chi connectivity index (χ4v) is 3.98. The number of imidazole rings is 1. The second-order valence-corrected chi connectivity index (χ2v) is 7.65. The summed E-state index contributed by atoms with van der Waals surface area (Å²) < 4.78 is 4.53. The molecule has 8 heteroatoms. The van der Waals surface area contributed by atoms with Gasteiger partial charge in [0.15, 0.2) is 11.2 Å². The van der Waals surface area contributed by atoms with Gasteiger partial charge in [-0.25, -0.2) is 4.79 Å². The van der Waals surface area contributed by atoms with Crippen LogP contribution in [0.3, 0.4) is 0 Å². The lowest BCUT2D eigenvalue weighted by Crippen LogP contribution is -2.44. The van der Waals surface area contributed by atoms with Gasteiger partial charge in [0.2, 0.25) is 5.95 Å². The SMILES string of the molecule is Cc1ccccc1Cn1c(N2CCCC(N)C2)nc2c1c(=O)n(C)c(=O)n2C. The van der Waals surface area contributed by atoms with E-state index in [4.69, 9.17) is 10.7 Å². The lowest BCUT2D eigenvalue weighted by atomic mass is 10.1. The van der Waals surface area contributed by atoms with E-state index >= 15 is 0 Å². The van der Waals surface area contributed by atoms with Gasteiger partial charge in [0.25, 0.3) is 5.56 Å². The molecular formula is C20H26N6O2. The van der Waals surface area contributed by atoms with Crippen molar-refractivity contribution in [2.75, 3.05) is 18.0 Å².